The SMILES string of the molecule is c1cc2c(N3CCCC3)nccn2c1. The number of hydrogen-bond acceptors (Lipinski definition) is 2. The smallest absolute Gasteiger partial charge is 0.152 e. The van der Waals surface area contributed by atoms with Crippen LogP contribution in [0.15, 0.2) is 30.7 Å². The standard InChI is InChI=1S/C11H13N3/c1-2-7-14(6-1)11-10-4-3-8-13(10)9-5-12-11/h3-5,8-9H,1-2,6-7H2. The molecule has 1 aliphatic rings. The molecule has 3 heterocycles. The van der Waals surface area contributed by atoms with Crippen LogP contribution in [0.1, 0.15) is 12.8 Å². The minimum absolute atomic E-state index is 1.13. The summed E-state index contributed by atoms with van der Waals surface area (Å²) in [6, 6.07) is 4.19. The molecule has 2 aromatic heterocycles. The van der Waals surface area contributed by atoms with E-state index in [9.17, 15) is 0 Å². The number of aromatic nitrogens is 2. The Balaban J connectivity index is 2.14. The molecule has 14 heavy (non-hydrogen) atoms. The molecule has 0 saturated carbocycles. The zero-order chi connectivity index (χ0) is 9.38. The van der Waals surface area contributed by atoms with Gasteiger partial charge in [-0.3, -0.25) is 0 Å². The fourth-order valence-electron chi connectivity index (χ4n) is 2.13. The van der Waals surface area contributed by atoms with Crippen LogP contribution in [0, 0.1) is 0 Å². The van der Waals surface area contributed by atoms with Crippen molar-refractivity contribution in [3.05, 3.63) is 30.7 Å². The summed E-state index contributed by atoms with van der Waals surface area (Å²) in [4.78, 5) is 6.84. The second-order valence-electron chi connectivity index (χ2n) is 3.75. The zero-order valence-electron chi connectivity index (χ0n) is 8.06. The zero-order valence-corrected chi connectivity index (χ0v) is 8.06. The lowest BCUT2D eigenvalue weighted by molar-refractivity contribution is 0.932. The molecule has 0 amide bonds. The van der Waals surface area contributed by atoms with Crippen LogP contribution in [-0.4, -0.2) is 22.5 Å². The molecule has 1 fully saturated rings. The Kier molecular flexibility index (Phi) is 1.69. The summed E-state index contributed by atoms with van der Waals surface area (Å²) < 4.78 is 2.13. The fraction of sp³-hybridized carbons (Fsp3) is 0.364. The van der Waals surface area contributed by atoms with Crippen LogP contribution in [0.25, 0.3) is 5.52 Å². The van der Waals surface area contributed by atoms with E-state index in [0.29, 0.717) is 0 Å². The van der Waals surface area contributed by atoms with E-state index >= 15 is 0 Å². The predicted octanol–water partition coefficient (Wildman–Crippen LogP) is 1.93. The molecular formula is C11H13N3. The summed E-state index contributed by atoms with van der Waals surface area (Å²) in [5.41, 5.74) is 1.22. The van der Waals surface area contributed by atoms with E-state index in [-0.39, 0.29) is 0 Å². The Hall–Kier alpha value is -1.51. The number of hydrogen-bond donors (Lipinski definition) is 0. The Bertz CT molecular complexity index is 440. The summed E-state index contributed by atoms with van der Waals surface area (Å²) in [6.07, 6.45) is 8.53. The van der Waals surface area contributed by atoms with Crippen LogP contribution in [0.4, 0.5) is 5.82 Å². The summed E-state index contributed by atoms with van der Waals surface area (Å²) in [5.74, 6) is 1.13. The van der Waals surface area contributed by atoms with Crippen LogP contribution in [-0.2, 0) is 0 Å². The first-order valence-electron chi connectivity index (χ1n) is 5.12. The Morgan fingerprint density at radius 1 is 1.14 bits per heavy atom. The molecule has 0 bridgehead atoms. The van der Waals surface area contributed by atoms with Crippen LogP contribution in [0.3, 0.4) is 0 Å². The van der Waals surface area contributed by atoms with Crippen LogP contribution in [0.5, 0.6) is 0 Å². The van der Waals surface area contributed by atoms with E-state index in [2.05, 4.69) is 32.6 Å². The Labute approximate surface area is 83.0 Å². The summed E-state index contributed by atoms with van der Waals surface area (Å²) in [6.45, 7) is 2.30. The molecule has 0 spiro atoms. The van der Waals surface area contributed by atoms with Crippen molar-refractivity contribution in [2.75, 3.05) is 18.0 Å². The van der Waals surface area contributed by atoms with E-state index < -0.39 is 0 Å². The number of rotatable bonds is 1. The van der Waals surface area contributed by atoms with Crippen molar-refractivity contribution >= 4 is 11.3 Å². The van der Waals surface area contributed by atoms with Gasteiger partial charge in [0, 0.05) is 31.7 Å². The highest BCUT2D eigenvalue weighted by molar-refractivity contribution is 5.69. The van der Waals surface area contributed by atoms with Gasteiger partial charge in [0.2, 0.25) is 0 Å². The van der Waals surface area contributed by atoms with Crippen molar-refractivity contribution in [3.63, 3.8) is 0 Å². The molecule has 3 rings (SSSR count). The highest BCUT2D eigenvalue weighted by Gasteiger charge is 2.15. The molecule has 2 aromatic rings. The second-order valence-corrected chi connectivity index (χ2v) is 3.75. The minimum Gasteiger partial charge on any atom is -0.355 e. The average molecular weight is 187 g/mol. The molecule has 1 aliphatic heterocycles. The molecule has 0 aromatic carbocycles. The first-order chi connectivity index (χ1) is 6.95. The van der Waals surface area contributed by atoms with E-state index in [0.717, 1.165) is 18.9 Å². The van der Waals surface area contributed by atoms with Gasteiger partial charge in [0.25, 0.3) is 0 Å². The van der Waals surface area contributed by atoms with Gasteiger partial charge in [-0.15, -0.1) is 0 Å². The quantitative estimate of drug-likeness (QED) is 0.680. The van der Waals surface area contributed by atoms with E-state index in [1.54, 1.807) is 0 Å². The monoisotopic (exact) mass is 187 g/mol. The average Bonchev–Trinajstić information content (AvgIpc) is 2.88. The molecule has 3 heteroatoms. The largest absolute Gasteiger partial charge is 0.355 e. The lowest BCUT2D eigenvalue weighted by Crippen LogP contribution is -2.19. The first kappa shape index (κ1) is 7.85. The minimum atomic E-state index is 1.13. The van der Waals surface area contributed by atoms with Crippen molar-refractivity contribution in [2.45, 2.75) is 12.8 Å². The molecule has 72 valence electrons. The number of anilines is 1. The van der Waals surface area contributed by atoms with Crippen LogP contribution in [0.2, 0.25) is 0 Å². The van der Waals surface area contributed by atoms with Gasteiger partial charge in [-0.1, -0.05) is 0 Å². The van der Waals surface area contributed by atoms with Crippen LogP contribution < -0.4 is 4.90 Å². The Morgan fingerprint density at radius 3 is 2.86 bits per heavy atom. The van der Waals surface area contributed by atoms with E-state index in [1.165, 1.54) is 18.4 Å². The van der Waals surface area contributed by atoms with E-state index in [1.807, 2.05) is 12.4 Å². The van der Waals surface area contributed by atoms with E-state index in [4.69, 9.17) is 0 Å². The van der Waals surface area contributed by atoms with Crippen molar-refractivity contribution in [2.24, 2.45) is 0 Å². The third-order valence-electron chi connectivity index (χ3n) is 2.84. The first-order valence-corrected chi connectivity index (χ1v) is 5.12. The third-order valence-corrected chi connectivity index (χ3v) is 2.84. The van der Waals surface area contributed by atoms with Gasteiger partial charge in [-0.05, 0) is 25.0 Å². The molecule has 3 nitrogen and oxygen atoms in total. The maximum absolute atomic E-state index is 4.47. The lowest BCUT2D eigenvalue weighted by atomic mass is 10.4. The maximum Gasteiger partial charge on any atom is 0.152 e. The van der Waals surface area contributed by atoms with Crippen molar-refractivity contribution < 1.29 is 0 Å². The molecule has 0 unspecified atom stereocenters. The molecular weight excluding hydrogens is 174 g/mol. The maximum atomic E-state index is 4.47. The van der Waals surface area contributed by atoms with Gasteiger partial charge < -0.3 is 9.30 Å². The third kappa shape index (κ3) is 1.09. The highest BCUT2D eigenvalue weighted by atomic mass is 15.2. The van der Waals surface area contributed by atoms with Gasteiger partial charge in [0.05, 0.1) is 5.52 Å². The summed E-state index contributed by atoms with van der Waals surface area (Å²) in [7, 11) is 0. The van der Waals surface area contributed by atoms with Crippen LogP contribution >= 0.6 is 0 Å². The molecule has 1 saturated heterocycles. The van der Waals surface area contributed by atoms with Crippen molar-refractivity contribution in [3.8, 4) is 0 Å². The molecule has 0 N–H and O–H groups in total. The van der Waals surface area contributed by atoms with Crippen molar-refractivity contribution in [1.29, 1.82) is 0 Å². The summed E-state index contributed by atoms with van der Waals surface area (Å²) >= 11 is 0. The topological polar surface area (TPSA) is 20.5 Å². The number of fused-ring (bicyclic) bond motifs is 1. The van der Waals surface area contributed by atoms with Gasteiger partial charge >= 0.3 is 0 Å². The van der Waals surface area contributed by atoms with Gasteiger partial charge in [-0.25, -0.2) is 4.98 Å². The molecule has 0 radical (unpaired) electrons. The lowest BCUT2D eigenvalue weighted by Gasteiger charge is -2.17. The normalized spacial score (nSPS) is 16.7. The number of nitrogens with zero attached hydrogens (tertiary/aromatic N) is 3. The van der Waals surface area contributed by atoms with Gasteiger partial charge in [0.1, 0.15) is 0 Å². The van der Waals surface area contributed by atoms with Gasteiger partial charge in [-0.2, -0.15) is 0 Å². The summed E-state index contributed by atoms with van der Waals surface area (Å²) in [5, 5.41) is 0. The van der Waals surface area contributed by atoms with Crippen molar-refractivity contribution in [1.82, 2.24) is 9.38 Å². The Morgan fingerprint density at radius 2 is 2.00 bits per heavy atom. The fourth-order valence-corrected chi connectivity index (χ4v) is 2.13. The molecule has 0 atom stereocenters. The van der Waals surface area contributed by atoms with Gasteiger partial charge in [0.15, 0.2) is 5.82 Å². The highest BCUT2D eigenvalue weighted by Crippen LogP contribution is 2.22. The second kappa shape index (κ2) is 3.01. The predicted molar refractivity (Wildman–Crippen MR) is 56.6 cm³/mol. The molecule has 0 aliphatic carbocycles.